The second kappa shape index (κ2) is 2.87. The average molecular weight is 229 g/mol. The van der Waals surface area contributed by atoms with Gasteiger partial charge in [-0.1, -0.05) is 6.92 Å². The van der Waals surface area contributed by atoms with Gasteiger partial charge in [0.2, 0.25) is 0 Å². The topological polar surface area (TPSA) is 17.8 Å². The van der Waals surface area contributed by atoms with E-state index in [9.17, 15) is 0 Å². The van der Waals surface area contributed by atoms with Crippen LogP contribution in [0.1, 0.15) is 31.4 Å². The van der Waals surface area contributed by atoms with Crippen molar-refractivity contribution < 1.29 is 0 Å². The van der Waals surface area contributed by atoms with Gasteiger partial charge in [0.25, 0.3) is 0 Å². The molecule has 66 valence electrons. The summed E-state index contributed by atoms with van der Waals surface area (Å²) in [6.45, 7) is 2.29. The van der Waals surface area contributed by atoms with Gasteiger partial charge in [0.15, 0.2) is 0 Å². The van der Waals surface area contributed by atoms with Crippen molar-refractivity contribution >= 4 is 15.9 Å². The SMILES string of the molecule is CC(c1c(Br)cnn1C)C1CC1. The van der Waals surface area contributed by atoms with Gasteiger partial charge in [0, 0.05) is 13.0 Å². The highest BCUT2D eigenvalue weighted by atomic mass is 79.9. The van der Waals surface area contributed by atoms with Crippen molar-refractivity contribution in [3.05, 3.63) is 16.4 Å². The van der Waals surface area contributed by atoms with Gasteiger partial charge in [0.05, 0.1) is 16.4 Å². The van der Waals surface area contributed by atoms with Crippen LogP contribution < -0.4 is 0 Å². The maximum Gasteiger partial charge on any atom is 0.0635 e. The van der Waals surface area contributed by atoms with Gasteiger partial charge in [-0.2, -0.15) is 5.10 Å². The summed E-state index contributed by atoms with van der Waals surface area (Å²) in [7, 11) is 2.01. The fourth-order valence-electron chi connectivity index (χ4n) is 1.75. The molecule has 1 aromatic heterocycles. The second-order valence-corrected chi connectivity index (χ2v) is 4.48. The van der Waals surface area contributed by atoms with E-state index in [1.807, 2.05) is 17.9 Å². The molecule has 1 aliphatic rings. The minimum Gasteiger partial charge on any atom is -0.271 e. The van der Waals surface area contributed by atoms with Crippen LogP contribution in [-0.2, 0) is 7.05 Å². The van der Waals surface area contributed by atoms with Gasteiger partial charge in [-0.25, -0.2) is 0 Å². The minimum absolute atomic E-state index is 0.659. The summed E-state index contributed by atoms with van der Waals surface area (Å²) in [4.78, 5) is 0. The number of aryl methyl sites for hydroxylation is 1. The molecule has 0 radical (unpaired) electrons. The van der Waals surface area contributed by atoms with Crippen molar-refractivity contribution in [3.63, 3.8) is 0 Å². The Morgan fingerprint density at radius 2 is 2.33 bits per heavy atom. The third-order valence-corrected chi connectivity index (χ3v) is 3.31. The van der Waals surface area contributed by atoms with Gasteiger partial charge >= 0.3 is 0 Å². The molecule has 1 heterocycles. The lowest BCUT2D eigenvalue weighted by Gasteiger charge is -2.10. The molecule has 12 heavy (non-hydrogen) atoms. The Bertz CT molecular complexity index is 269. The fraction of sp³-hybridized carbons (Fsp3) is 0.667. The average Bonchev–Trinajstić information content (AvgIpc) is 2.79. The van der Waals surface area contributed by atoms with E-state index in [1.165, 1.54) is 18.5 Å². The lowest BCUT2D eigenvalue weighted by molar-refractivity contribution is 0.584. The number of halogens is 1. The van der Waals surface area contributed by atoms with E-state index in [0.29, 0.717) is 5.92 Å². The normalized spacial score (nSPS) is 19.6. The van der Waals surface area contributed by atoms with E-state index in [2.05, 4.69) is 28.0 Å². The Kier molecular flexibility index (Phi) is 1.99. The lowest BCUT2D eigenvalue weighted by atomic mass is 10.0. The number of aromatic nitrogens is 2. The number of rotatable bonds is 2. The number of hydrogen-bond acceptors (Lipinski definition) is 1. The van der Waals surface area contributed by atoms with Crippen molar-refractivity contribution in [1.29, 1.82) is 0 Å². The molecule has 1 fully saturated rings. The Labute approximate surface area is 81.1 Å². The molecule has 1 saturated carbocycles. The van der Waals surface area contributed by atoms with Gasteiger partial charge in [-0.15, -0.1) is 0 Å². The summed E-state index contributed by atoms with van der Waals surface area (Å²) in [6, 6.07) is 0. The highest BCUT2D eigenvalue weighted by molar-refractivity contribution is 9.10. The first-order valence-corrected chi connectivity index (χ1v) is 5.17. The van der Waals surface area contributed by atoms with Crippen molar-refractivity contribution in [2.45, 2.75) is 25.7 Å². The maximum absolute atomic E-state index is 4.22. The third-order valence-electron chi connectivity index (χ3n) is 2.70. The quantitative estimate of drug-likeness (QED) is 0.762. The molecule has 2 nitrogen and oxygen atoms in total. The third kappa shape index (κ3) is 1.30. The van der Waals surface area contributed by atoms with Crippen LogP contribution in [-0.4, -0.2) is 9.78 Å². The van der Waals surface area contributed by atoms with Crippen LogP contribution in [0, 0.1) is 5.92 Å². The van der Waals surface area contributed by atoms with E-state index in [1.54, 1.807) is 0 Å². The molecule has 1 aromatic rings. The molecule has 3 heteroatoms. The maximum atomic E-state index is 4.22. The highest BCUT2D eigenvalue weighted by Gasteiger charge is 2.31. The number of hydrogen-bond donors (Lipinski definition) is 0. The van der Waals surface area contributed by atoms with Gasteiger partial charge in [-0.3, -0.25) is 4.68 Å². The van der Waals surface area contributed by atoms with Crippen LogP contribution in [0.5, 0.6) is 0 Å². The van der Waals surface area contributed by atoms with Crippen LogP contribution in [0.15, 0.2) is 10.7 Å². The lowest BCUT2D eigenvalue weighted by Crippen LogP contribution is -2.04. The minimum atomic E-state index is 0.659. The van der Waals surface area contributed by atoms with Crippen molar-refractivity contribution in [3.8, 4) is 0 Å². The van der Waals surface area contributed by atoms with E-state index < -0.39 is 0 Å². The summed E-state index contributed by atoms with van der Waals surface area (Å²) in [6.07, 6.45) is 4.66. The molecule has 1 aliphatic carbocycles. The predicted octanol–water partition coefficient (Wildman–Crippen LogP) is 2.70. The van der Waals surface area contributed by atoms with Crippen LogP contribution in [0.2, 0.25) is 0 Å². The monoisotopic (exact) mass is 228 g/mol. The molecule has 0 bridgehead atoms. The molecular weight excluding hydrogens is 216 g/mol. The zero-order valence-corrected chi connectivity index (χ0v) is 9.00. The Balaban J connectivity index is 2.30. The fourth-order valence-corrected chi connectivity index (χ4v) is 2.46. The zero-order chi connectivity index (χ0) is 8.72. The standard InChI is InChI=1S/C9H13BrN2/c1-6(7-3-4-7)9-8(10)5-11-12(9)2/h5-7H,3-4H2,1-2H3. The zero-order valence-electron chi connectivity index (χ0n) is 7.42. The predicted molar refractivity (Wildman–Crippen MR) is 52.0 cm³/mol. The number of nitrogens with zero attached hydrogens (tertiary/aromatic N) is 2. The molecule has 0 aliphatic heterocycles. The Hall–Kier alpha value is -0.310. The largest absolute Gasteiger partial charge is 0.271 e. The Morgan fingerprint density at radius 3 is 2.75 bits per heavy atom. The highest BCUT2D eigenvalue weighted by Crippen LogP contribution is 2.43. The summed E-state index contributed by atoms with van der Waals surface area (Å²) in [5.41, 5.74) is 1.34. The van der Waals surface area contributed by atoms with Crippen LogP contribution >= 0.6 is 15.9 Å². The van der Waals surface area contributed by atoms with Crippen molar-refractivity contribution in [1.82, 2.24) is 9.78 Å². The van der Waals surface area contributed by atoms with E-state index in [4.69, 9.17) is 0 Å². The summed E-state index contributed by atoms with van der Waals surface area (Å²) < 4.78 is 3.14. The smallest absolute Gasteiger partial charge is 0.0635 e. The molecule has 0 amide bonds. The van der Waals surface area contributed by atoms with Gasteiger partial charge in [-0.05, 0) is 34.7 Å². The summed E-state index contributed by atoms with van der Waals surface area (Å²) >= 11 is 3.53. The van der Waals surface area contributed by atoms with E-state index in [-0.39, 0.29) is 0 Å². The molecule has 0 N–H and O–H groups in total. The molecule has 0 saturated heterocycles. The summed E-state index contributed by atoms with van der Waals surface area (Å²) in [5, 5.41) is 4.22. The van der Waals surface area contributed by atoms with Gasteiger partial charge < -0.3 is 0 Å². The second-order valence-electron chi connectivity index (χ2n) is 3.63. The first-order valence-electron chi connectivity index (χ1n) is 4.37. The molecular formula is C9H13BrN2. The molecule has 0 aromatic carbocycles. The molecule has 1 atom stereocenters. The molecule has 0 spiro atoms. The van der Waals surface area contributed by atoms with Crippen LogP contribution in [0.25, 0.3) is 0 Å². The van der Waals surface area contributed by atoms with Crippen molar-refractivity contribution in [2.75, 3.05) is 0 Å². The van der Waals surface area contributed by atoms with Crippen molar-refractivity contribution in [2.24, 2.45) is 13.0 Å². The van der Waals surface area contributed by atoms with Gasteiger partial charge in [0.1, 0.15) is 0 Å². The first-order chi connectivity index (χ1) is 5.70. The first kappa shape index (κ1) is 8.30. The summed E-state index contributed by atoms with van der Waals surface area (Å²) in [5.74, 6) is 1.56. The van der Waals surface area contributed by atoms with Crippen LogP contribution in [0.3, 0.4) is 0 Å². The van der Waals surface area contributed by atoms with E-state index in [0.717, 1.165) is 10.4 Å². The van der Waals surface area contributed by atoms with Crippen LogP contribution in [0.4, 0.5) is 0 Å². The van der Waals surface area contributed by atoms with E-state index >= 15 is 0 Å². The molecule has 2 rings (SSSR count). The Morgan fingerprint density at radius 1 is 1.67 bits per heavy atom. The molecule has 1 unspecified atom stereocenters.